The Hall–Kier alpha value is -1.85. The van der Waals surface area contributed by atoms with Crippen LogP contribution in [0.25, 0.3) is 0 Å². The molecule has 0 fully saturated rings. The third-order valence-corrected chi connectivity index (χ3v) is 2.32. The Bertz CT molecular complexity index is 492. The Morgan fingerprint density at radius 3 is 2.10 bits per heavy atom. The van der Waals surface area contributed by atoms with Gasteiger partial charge in [0.1, 0.15) is 5.69 Å². The lowest BCUT2D eigenvalue weighted by Gasteiger charge is -2.25. The van der Waals surface area contributed by atoms with Gasteiger partial charge in [0.05, 0.1) is 12.8 Å². The molecule has 1 rings (SSSR count). The van der Waals surface area contributed by atoms with Crippen LogP contribution in [0.4, 0.5) is 33.3 Å². The molecule has 0 saturated carbocycles. The summed E-state index contributed by atoms with van der Waals surface area (Å²) in [5.74, 6) is -5.91. The molecule has 0 aliphatic rings. The van der Waals surface area contributed by atoms with Crippen molar-refractivity contribution in [2.24, 2.45) is 0 Å². The minimum Gasteiger partial charge on any atom is -0.761 e. The number of hydrogen-bond acceptors (Lipinski definition) is 6. The highest BCUT2D eigenvalue weighted by atomic mass is 19.4. The molecule has 0 aromatic heterocycles. The smallest absolute Gasteiger partial charge is 0.458 e. The Morgan fingerprint density at radius 2 is 1.75 bits per heavy atom. The van der Waals surface area contributed by atoms with Crippen molar-refractivity contribution in [2.45, 2.75) is 12.1 Å². The minimum absolute atomic E-state index is 0.132. The summed E-state index contributed by atoms with van der Waals surface area (Å²) < 4.78 is 67.6. The van der Waals surface area contributed by atoms with Crippen LogP contribution >= 0.6 is 0 Å². The number of nitrogens with zero attached hydrogens (tertiary/aromatic N) is 1. The van der Waals surface area contributed by atoms with Gasteiger partial charge in [-0.1, -0.05) is 0 Å². The van der Waals surface area contributed by atoms with Crippen molar-refractivity contribution in [3.8, 4) is 5.75 Å². The summed E-state index contributed by atoms with van der Waals surface area (Å²) in [7, 11) is 0.949. The zero-order valence-corrected chi connectivity index (χ0v) is 9.70. The predicted octanol–water partition coefficient (Wildman–Crippen LogP) is 2.84. The molecule has 11 heteroatoms. The molecule has 20 heavy (non-hydrogen) atoms. The van der Waals surface area contributed by atoms with Crippen molar-refractivity contribution in [3.05, 3.63) is 22.9 Å². The standard InChI is InChI=1S/C9H8F5N2O4/c1-20-7-5(15-17)2-4(3-6(7)16(18)19)8(10,11)9(12,13)14/h2-3,15,18-19H,1H3/q-1. The van der Waals surface area contributed by atoms with Crippen LogP contribution < -0.4 is 15.4 Å². The molecule has 0 atom stereocenters. The summed E-state index contributed by atoms with van der Waals surface area (Å²) in [4.78, 5) is 0. The maximum atomic E-state index is 13.2. The van der Waals surface area contributed by atoms with Crippen molar-refractivity contribution in [2.75, 3.05) is 17.8 Å². The van der Waals surface area contributed by atoms with Gasteiger partial charge in [0.2, 0.25) is 0 Å². The first-order valence-corrected chi connectivity index (χ1v) is 4.79. The van der Waals surface area contributed by atoms with Crippen LogP contribution in [0.1, 0.15) is 5.56 Å². The first kappa shape index (κ1) is 16.2. The average Bonchev–Trinajstić information content (AvgIpc) is 2.35. The number of halogens is 5. The molecule has 0 bridgehead atoms. The molecule has 0 aliphatic heterocycles. The van der Waals surface area contributed by atoms with Crippen molar-refractivity contribution in [3.63, 3.8) is 0 Å². The number of anilines is 2. The minimum atomic E-state index is -5.92. The molecule has 0 radical (unpaired) electrons. The predicted molar refractivity (Wildman–Crippen MR) is 56.0 cm³/mol. The molecular formula is C9H8F5N2O4-. The summed E-state index contributed by atoms with van der Waals surface area (Å²) in [6.07, 6.45) is -5.92. The summed E-state index contributed by atoms with van der Waals surface area (Å²) in [6, 6.07) is 0.333. The van der Waals surface area contributed by atoms with Crippen LogP contribution in [-0.4, -0.2) is 23.7 Å². The van der Waals surface area contributed by atoms with E-state index >= 15 is 0 Å². The summed E-state index contributed by atoms with van der Waals surface area (Å²) in [6.45, 7) is 0. The molecule has 114 valence electrons. The largest absolute Gasteiger partial charge is 0.761 e. The van der Waals surface area contributed by atoms with E-state index in [9.17, 15) is 27.2 Å². The van der Waals surface area contributed by atoms with E-state index < -0.39 is 40.0 Å². The van der Waals surface area contributed by atoms with Gasteiger partial charge in [-0.05, 0) is 12.1 Å². The average molecular weight is 303 g/mol. The number of methoxy groups -OCH3 is 1. The van der Waals surface area contributed by atoms with E-state index in [1.807, 2.05) is 0 Å². The quantitative estimate of drug-likeness (QED) is 0.585. The maximum Gasteiger partial charge on any atom is 0.458 e. The molecule has 0 amide bonds. The Balaban J connectivity index is 3.55. The van der Waals surface area contributed by atoms with E-state index in [-0.39, 0.29) is 12.1 Å². The Morgan fingerprint density at radius 1 is 1.20 bits per heavy atom. The SMILES string of the molecule is COc1c(N[O-])cc(C(F)(F)C(F)(F)F)cc1N(O)O. The van der Waals surface area contributed by atoms with Crippen LogP contribution in [0, 0.1) is 5.21 Å². The van der Waals surface area contributed by atoms with Crippen molar-refractivity contribution >= 4 is 11.4 Å². The zero-order chi connectivity index (χ0) is 15.7. The topological polar surface area (TPSA) is 88.0 Å². The Kier molecular flexibility index (Phi) is 4.27. The van der Waals surface area contributed by atoms with Gasteiger partial charge < -0.3 is 15.4 Å². The van der Waals surface area contributed by atoms with Gasteiger partial charge in [0.15, 0.2) is 5.75 Å². The van der Waals surface area contributed by atoms with E-state index in [4.69, 9.17) is 10.4 Å². The van der Waals surface area contributed by atoms with Crippen LogP contribution in [0.15, 0.2) is 12.1 Å². The van der Waals surface area contributed by atoms with Crippen LogP contribution in [0.5, 0.6) is 5.75 Å². The monoisotopic (exact) mass is 303 g/mol. The molecule has 6 nitrogen and oxygen atoms in total. The van der Waals surface area contributed by atoms with Gasteiger partial charge in [-0.3, -0.25) is 10.4 Å². The van der Waals surface area contributed by atoms with Gasteiger partial charge in [-0.2, -0.15) is 22.0 Å². The fraction of sp³-hybridized carbons (Fsp3) is 0.333. The molecule has 1 aromatic rings. The van der Waals surface area contributed by atoms with Crippen molar-refractivity contribution in [1.82, 2.24) is 0 Å². The van der Waals surface area contributed by atoms with E-state index in [0.717, 1.165) is 12.6 Å². The fourth-order valence-electron chi connectivity index (χ4n) is 1.40. The second-order valence-corrected chi connectivity index (χ2v) is 3.54. The third kappa shape index (κ3) is 2.69. The molecule has 0 heterocycles. The third-order valence-electron chi connectivity index (χ3n) is 2.32. The molecular weight excluding hydrogens is 295 g/mol. The molecule has 3 N–H and O–H groups in total. The van der Waals surface area contributed by atoms with Gasteiger partial charge in [-0.15, -0.1) is 5.23 Å². The molecule has 0 spiro atoms. The molecule has 0 unspecified atom stereocenters. The van der Waals surface area contributed by atoms with Crippen LogP contribution in [0.3, 0.4) is 0 Å². The highest BCUT2D eigenvalue weighted by Crippen LogP contribution is 2.47. The van der Waals surface area contributed by atoms with E-state index in [0.29, 0.717) is 0 Å². The fourth-order valence-corrected chi connectivity index (χ4v) is 1.40. The van der Waals surface area contributed by atoms with Crippen molar-refractivity contribution < 1.29 is 37.1 Å². The number of rotatable bonds is 4. The van der Waals surface area contributed by atoms with Crippen molar-refractivity contribution in [1.29, 1.82) is 0 Å². The number of benzene rings is 1. The highest BCUT2D eigenvalue weighted by Gasteiger charge is 2.59. The Labute approximate surface area is 108 Å². The highest BCUT2D eigenvalue weighted by molar-refractivity contribution is 5.72. The summed E-state index contributed by atoms with van der Waals surface area (Å²) in [5, 5.41) is 27.4. The number of hydrogen-bond donors (Lipinski definition) is 3. The molecule has 1 aromatic carbocycles. The van der Waals surface area contributed by atoms with Crippen LogP contribution in [0.2, 0.25) is 0 Å². The van der Waals surface area contributed by atoms with Gasteiger partial charge >= 0.3 is 12.1 Å². The summed E-state index contributed by atoms with van der Waals surface area (Å²) in [5.41, 5.74) is -2.37. The second kappa shape index (κ2) is 5.26. The van der Waals surface area contributed by atoms with Gasteiger partial charge in [0.25, 0.3) is 0 Å². The molecule has 0 aliphatic carbocycles. The first-order chi connectivity index (χ1) is 9.06. The lowest BCUT2D eigenvalue weighted by atomic mass is 10.1. The number of nitrogens with one attached hydrogen (secondary N) is 1. The van der Waals surface area contributed by atoms with E-state index in [1.165, 1.54) is 0 Å². The van der Waals surface area contributed by atoms with Crippen LogP contribution in [-0.2, 0) is 5.92 Å². The second-order valence-electron chi connectivity index (χ2n) is 3.54. The van der Waals surface area contributed by atoms with Gasteiger partial charge in [0, 0.05) is 5.56 Å². The van der Waals surface area contributed by atoms with E-state index in [2.05, 4.69) is 4.74 Å². The molecule has 0 saturated heterocycles. The first-order valence-electron chi connectivity index (χ1n) is 4.79. The zero-order valence-electron chi connectivity index (χ0n) is 9.70. The lowest BCUT2D eigenvalue weighted by molar-refractivity contribution is -0.289. The van der Waals surface area contributed by atoms with E-state index in [1.54, 1.807) is 0 Å². The lowest BCUT2D eigenvalue weighted by Crippen LogP contribution is -2.34. The number of alkyl halides is 5. The summed E-state index contributed by atoms with van der Waals surface area (Å²) >= 11 is 0. The maximum absolute atomic E-state index is 13.2. The van der Waals surface area contributed by atoms with Gasteiger partial charge in [-0.25, -0.2) is 0 Å². The number of ether oxygens (including phenoxy) is 1. The normalized spacial score (nSPS) is 12.2.